The van der Waals surface area contributed by atoms with E-state index >= 15 is 0 Å². The fraction of sp³-hybridized carbons (Fsp3) is 0.348. The molecular weight excluding hydrogens is 382 g/mol. The number of amides is 1. The number of nitrogens with zero attached hydrogens (tertiary/aromatic N) is 3. The fourth-order valence-corrected chi connectivity index (χ4v) is 4.37. The minimum atomic E-state index is 0.149. The van der Waals surface area contributed by atoms with Crippen molar-refractivity contribution in [1.82, 2.24) is 15.1 Å². The van der Waals surface area contributed by atoms with E-state index in [1.807, 2.05) is 35.2 Å². The number of benzene rings is 2. The van der Waals surface area contributed by atoms with Crippen molar-refractivity contribution in [2.24, 2.45) is 5.92 Å². The summed E-state index contributed by atoms with van der Waals surface area (Å²) >= 11 is 1.33. The second-order valence-corrected chi connectivity index (χ2v) is 8.35. The van der Waals surface area contributed by atoms with Crippen LogP contribution in [0.2, 0.25) is 0 Å². The molecule has 1 aliphatic rings. The summed E-state index contributed by atoms with van der Waals surface area (Å²) in [5.41, 5.74) is 2.51. The third-order valence-corrected chi connectivity index (χ3v) is 6.10. The van der Waals surface area contributed by atoms with Gasteiger partial charge in [-0.3, -0.25) is 4.79 Å². The molecule has 1 fully saturated rings. The molecule has 0 N–H and O–H groups in total. The van der Waals surface area contributed by atoms with E-state index in [1.54, 1.807) is 0 Å². The van der Waals surface area contributed by atoms with E-state index in [1.165, 1.54) is 17.3 Å². The molecule has 1 aliphatic heterocycles. The van der Waals surface area contributed by atoms with E-state index in [4.69, 9.17) is 4.42 Å². The Balaban J connectivity index is 1.20. The molecule has 6 heteroatoms. The van der Waals surface area contributed by atoms with E-state index in [2.05, 4.69) is 40.5 Å². The molecule has 5 nitrogen and oxygen atoms in total. The lowest BCUT2D eigenvalue weighted by Crippen LogP contribution is -2.39. The van der Waals surface area contributed by atoms with Crippen LogP contribution in [0.5, 0.6) is 0 Å². The fourth-order valence-electron chi connectivity index (χ4n) is 3.69. The third kappa shape index (κ3) is 5.70. The second-order valence-electron chi connectivity index (χ2n) is 7.43. The van der Waals surface area contributed by atoms with Crippen LogP contribution >= 0.6 is 11.8 Å². The van der Waals surface area contributed by atoms with Crippen LogP contribution in [0.4, 0.5) is 0 Å². The van der Waals surface area contributed by atoms with Crippen LogP contribution in [0.1, 0.15) is 29.9 Å². The Hall–Kier alpha value is -2.60. The normalized spacial score (nSPS) is 14.8. The topological polar surface area (TPSA) is 59.2 Å². The number of piperidine rings is 1. The van der Waals surface area contributed by atoms with Gasteiger partial charge in [0.2, 0.25) is 11.8 Å². The minimum Gasteiger partial charge on any atom is -0.416 e. The summed E-state index contributed by atoms with van der Waals surface area (Å²) in [5, 5.41) is 8.61. The Bertz CT molecular complexity index is 906. The van der Waals surface area contributed by atoms with Crippen molar-refractivity contribution < 1.29 is 9.21 Å². The summed E-state index contributed by atoms with van der Waals surface area (Å²) < 4.78 is 5.68. The highest BCUT2D eigenvalue weighted by Crippen LogP contribution is 2.23. The molecule has 0 spiro atoms. The van der Waals surface area contributed by atoms with Crippen molar-refractivity contribution in [3.05, 3.63) is 77.7 Å². The van der Waals surface area contributed by atoms with Gasteiger partial charge in [-0.25, -0.2) is 0 Å². The maximum Gasteiger partial charge on any atom is 0.277 e. The van der Waals surface area contributed by atoms with Crippen LogP contribution in [0.25, 0.3) is 0 Å². The smallest absolute Gasteiger partial charge is 0.277 e. The van der Waals surface area contributed by atoms with Gasteiger partial charge in [-0.1, -0.05) is 72.4 Å². The zero-order chi connectivity index (χ0) is 19.9. The summed E-state index contributed by atoms with van der Waals surface area (Å²) in [6.07, 6.45) is 3.83. The Morgan fingerprint density at radius 3 is 2.31 bits per heavy atom. The Morgan fingerprint density at radius 1 is 0.966 bits per heavy atom. The van der Waals surface area contributed by atoms with Crippen LogP contribution < -0.4 is 0 Å². The zero-order valence-corrected chi connectivity index (χ0v) is 17.2. The van der Waals surface area contributed by atoms with Crippen LogP contribution in [-0.4, -0.2) is 39.8 Å². The lowest BCUT2D eigenvalue weighted by atomic mass is 9.90. The van der Waals surface area contributed by atoms with Gasteiger partial charge in [-0.15, -0.1) is 10.2 Å². The van der Waals surface area contributed by atoms with Crippen molar-refractivity contribution in [1.29, 1.82) is 0 Å². The average molecular weight is 408 g/mol. The van der Waals surface area contributed by atoms with Gasteiger partial charge >= 0.3 is 0 Å². The number of thioether (sulfide) groups is 1. The number of hydrogen-bond donors (Lipinski definition) is 0. The molecule has 0 unspecified atom stereocenters. The second kappa shape index (κ2) is 9.74. The highest BCUT2D eigenvalue weighted by molar-refractivity contribution is 7.99. The van der Waals surface area contributed by atoms with Gasteiger partial charge in [0.1, 0.15) is 0 Å². The summed E-state index contributed by atoms with van der Waals surface area (Å²) in [4.78, 5) is 14.5. The molecule has 2 heterocycles. The molecule has 0 atom stereocenters. The molecular formula is C23H25N3O2S. The number of aromatic nitrogens is 2. The van der Waals surface area contributed by atoms with Gasteiger partial charge in [0.05, 0.1) is 12.2 Å². The summed E-state index contributed by atoms with van der Waals surface area (Å²) in [7, 11) is 0. The maximum atomic E-state index is 12.5. The van der Waals surface area contributed by atoms with Gasteiger partial charge in [0.15, 0.2) is 0 Å². The maximum absolute atomic E-state index is 12.5. The first kappa shape index (κ1) is 19.7. The highest BCUT2D eigenvalue weighted by Gasteiger charge is 2.23. The van der Waals surface area contributed by atoms with Crippen LogP contribution in [0.15, 0.2) is 70.3 Å². The van der Waals surface area contributed by atoms with Crippen LogP contribution in [-0.2, 0) is 17.6 Å². The molecule has 1 saturated heterocycles. The minimum absolute atomic E-state index is 0.149. The van der Waals surface area contributed by atoms with Crippen molar-refractivity contribution in [2.45, 2.75) is 30.9 Å². The average Bonchev–Trinajstić information content (AvgIpc) is 3.21. The third-order valence-electron chi connectivity index (χ3n) is 5.30. The number of likely N-dealkylation sites (tertiary alicyclic amines) is 1. The largest absolute Gasteiger partial charge is 0.416 e. The Kier molecular flexibility index (Phi) is 6.62. The quantitative estimate of drug-likeness (QED) is 0.549. The number of carbonyl (C=O) groups is 1. The van der Waals surface area contributed by atoms with E-state index in [-0.39, 0.29) is 5.91 Å². The molecule has 0 saturated carbocycles. The lowest BCUT2D eigenvalue weighted by Gasteiger charge is -2.32. The SMILES string of the molecule is O=C(CSc1nnc(Cc2ccccc2)o1)N1CCC(Cc2ccccc2)CC1. The van der Waals surface area contributed by atoms with Gasteiger partial charge in [0.25, 0.3) is 5.22 Å². The van der Waals surface area contributed by atoms with Crippen LogP contribution in [0, 0.1) is 5.92 Å². The molecule has 0 bridgehead atoms. The molecule has 1 amide bonds. The summed E-state index contributed by atoms with van der Waals surface area (Å²) in [6.45, 7) is 1.67. The zero-order valence-electron chi connectivity index (χ0n) is 16.4. The van der Waals surface area contributed by atoms with Crippen LogP contribution in [0.3, 0.4) is 0 Å². The van der Waals surface area contributed by atoms with Crippen molar-refractivity contribution in [3.8, 4) is 0 Å². The van der Waals surface area contributed by atoms with Crippen molar-refractivity contribution in [3.63, 3.8) is 0 Å². The molecule has 3 aromatic rings. The van der Waals surface area contributed by atoms with Gasteiger partial charge in [0, 0.05) is 13.1 Å². The standard InChI is InChI=1S/C23H25N3O2S/c27-22(26-13-11-20(12-14-26)15-18-7-3-1-4-8-18)17-29-23-25-24-21(28-23)16-19-9-5-2-6-10-19/h1-10,20H,11-17H2. The molecule has 0 aliphatic carbocycles. The molecule has 2 aromatic carbocycles. The monoisotopic (exact) mass is 407 g/mol. The predicted octanol–water partition coefficient (Wildman–Crippen LogP) is 4.23. The van der Waals surface area contributed by atoms with E-state index in [0.717, 1.165) is 37.9 Å². The van der Waals surface area contributed by atoms with E-state index in [0.29, 0.717) is 29.2 Å². The first-order valence-electron chi connectivity index (χ1n) is 10.1. The highest BCUT2D eigenvalue weighted by atomic mass is 32.2. The Labute approximate surface area is 175 Å². The van der Waals surface area contributed by atoms with Gasteiger partial charge in [-0.05, 0) is 36.3 Å². The van der Waals surface area contributed by atoms with Gasteiger partial charge < -0.3 is 9.32 Å². The van der Waals surface area contributed by atoms with E-state index < -0.39 is 0 Å². The first-order chi connectivity index (χ1) is 14.3. The molecule has 1 aromatic heterocycles. The molecule has 29 heavy (non-hydrogen) atoms. The van der Waals surface area contributed by atoms with E-state index in [9.17, 15) is 4.79 Å². The molecule has 4 rings (SSSR count). The number of carbonyl (C=O) groups excluding carboxylic acids is 1. The number of rotatable bonds is 7. The molecule has 150 valence electrons. The first-order valence-corrected chi connectivity index (χ1v) is 11.1. The van der Waals surface area contributed by atoms with Crippen molar-refractivity contribution in [2.75, 3.05) is 18.8 Å². The Morgan fingerprint density at radius 2 is 1.62 bits per heavy atom. The molecule has 0 radical (unpaired) electrons. The van der Waals surface area contributed by atoms with Crippen molar-refractivity contribution >= 4 is 17.7 Å². The van der Waals surface area contributed by atoms with Gasteiger partial charge in [-0.2, -0.15) is 0 Å². The summed E-state index contributed by atoms with van der Waals surface area (Å²) in [5.74, 6) is 1.73. The lowest BCUT2D eigenvalue weighted by molar-refractivity contribution is -0.129. The number of hydrogen-bond acceptors (Lipinski definition) is 5. The predicted molar refractivity (Wildman–Crippen MR) is 114 cm³/mol. The summed E-state index contributed by atoms with van der Waals surface area (Å²) in [6, 6.07) is 20.6.